The van der Waals surface area contributed by atoms with E-state index in [0.29, 0.717) is 27.6 Å². The zero-order valence-corrected chi connectivity index (χ0v) is 11.9. The van der Waals surface area contributed by atoms with Gasteiger partial charge in [-0.25, -0.2) is 0 Å². The van der Waals surface area contributed by atoms with Crippen LogP contribution in [-0.4, -0.2) is 10.9 Å². The van der Waals surface area contributed by atoms with Crippen LogP contribution in [0, 0.1) is 0 Å². The molecule has 0 spiro atoms. The molecule has 4 nitrogen and oxygen atoms in total. The predicted octanol–water partition coefficient (Wildman–Crippen LogP) is 2.87. The quantitative estimate of drug-likeness (QED) is 0.851. The van der Waals surface area contributed by atoms with E-state index in [4.69, 9.17) is 40.0 Å². The van der Waals surface area contributed by atoms with Crippen LogP contribution in [0.15, 0.2) is 42.5 Å². The summed E-state index contributed by atoms with van der Waals surface area (Å²) in [5.74, 6) is 0.481. The highest BCUT2D eigenvalue weighted by Crippen LogP contribution is 2.30. The van der Waals surface area contributed by atoms with Gasteiger partial charge in [0.1, 0.15) is 16.5 Å². The molecule has 102 valence electrons. The van der Waals surface area contributed by atoms with E-state index in [2.05, 4.69) is 0 Å². The zero-order chi connectivity index (χ0) is 14.7. The second-order valence-electron chi connectivity index (χ2n) is 3.97. The Hall–Kier alpha value is -2.11. The number of amides is 1. The number of ether oxygens (including phenoxy) is 1. The van der Waals surface area contributed by atoms with Crippen molar-refractivity contribution in [2.24, 2.45) is 11.5 Å². The van der Waals surface area contributed by atoms with Gasteiger partial charge in [0.2, 0.25) is 5.91 Å². The summed E-state index contributed by atoms with van der Waals surface area (Å²) in [5.41, 5.74) is 11.7. The minimum absolute atomic E-state index is 0.152. The predicted molar refractivity (Wildman–Crippen MR) is 82.4 cm³/mol. The summed E-state index contributed by atoms with van der Waals surface area (Å²) in [6.07, 6.45) is 0. The highest BCUT2D eigenvalue weighted by molar-refractivity contribution is 7.80. The summed E-state index contributed by atoms with van der Waals surface area (Å²) >= 11 is 11.0. The van der Waals surface area contributed by atoms with Crippen LogP contribution in [0.4, 0.5) is 0 Å². The van der Waals surface area contributed by atoms with E-state index in [0.717, 1.165) is 0 Å². The topological polar surface area (TPSA) is 78.3 Å². The second-order valence-corrected chi connectivity index (χ2v) is 4.81. The van der Waals surface area contributed by atoms with Gasteiger partial charge in [-0.15, -0.1) is 0 Å². The summed E-state index contributed by atoms with van der Waals surface area (Å²) in [5, 5.41) is 0.420. The SMILES string of the molecule is NC(=O)c1ccc(Oc2cccc(Cl)c2C(N)=S)cc1. The fraction of sp³-hybridized carbons (Fsp3) is 0. The Balaban J connectivity index is 2.33. The molecule has 2 aromatic rings. The van der Waals surface area contributed by atoms with Crippen LogP contribution in [0.5, 0.6) is 11.5 Å². The summed E-state index contributed by atoms with van der Waals surface area (Å²) in [4.78, 5) is 11.1. The first-order valence-electron chi connectivity index (χ1n) is 5.65. The lowest BCUT2D eigenvalue weighted by atomic mass is 10.2. The van der Waals surface area contributed by atoms with Crippen molar-refractivity contribution in [1.82, 2.24) is 0 Å². The van der Waals surface area contributed by atoms with Crippen molar-refractivity contribution < 1.29 is 9.53 Å². The van der Waals surface area contributed by atoms with Gasteiger partial charge in [-0.3, -0.25) is 4.79 Å². The summed E-state index contributed by atoms with van der Waals surface area (Å²) < 4.78 is 5.68. The minimum atomic E-state index is -0.497. The average Bonchev–Trinajstić information content (AvgIpc) is 2.39. The first kappa shape index (κ1) is 14.3. The van der Waals surface area contributed by atoms with Gasteiger partial charge in [0.15, 0.2) is 0 Å². The normalized spacial score (nSPS) is 10.1. The van der Waals surface area contributed by atoms with Crippen LogP contribution in [0.25, 0.3) is 0 Å². The Bertz CT molecular complexity index is 671. The third-order valence-corrected chi connectivity index (χ3v) is 3.11. The molecule has 0 bridgehead atoms. The van der Waals surface area contributed by atoms with Gasteiger partial charge in [-0.05, 0) is 36.4 Å². The number of benzene rings is 2. The standard InChI is InChI=1S/C14H11ClN2O2S/c15-10-2-1-3-11(12(10)14(17)20)19-9-6-4-8(5-7-9)13(16)18/h1-7H,(H2,16,18)(H2,17,20). The number of primary amides is 1. The Morgan fingerprint density at radius 2 is 1.75 bits per heavy atom. The fourth-order valence-corrected chi connectivity index (χ4v) is 2.18. The van der Waals surface area contributed by atoms with Gasteiger partial charge in [0.05, 0.1) is 10.6 Å². The van der Waals surface area contributed by atoms with Gasteiger partial charge < -0.3 is 16.2 Å². The molecule has 0 saturated heterocycles. The molecule has 0 aliphatic carbocycles. The average molecular weight is 307 g/mol. The molecule has 2 aromatic carbocycles. The number of carbonyl (C=O) groups excluding carboxylic acids is 1. The molecule has 0 unspecified atom stereocenters. The highest BCUT2D eigenvalue weighted by atomic mass is 35.5. The Morgan fingerprint density at radius 1 is 1.10 bits per heavy atom. The molecule has 0 saturated carbocycles. The van der Waals surface area contributed by atoms with Gasteiger partial charge in [-0.1, -0.05) is 29.9 Å². The maximum atomic E-state index is 11.0. The maximum Gasteiger partial charge on any atom is 0.248 e. The lowest BCUT2D eigenvalue weighted by Crippen LogP contribution is -2.12. The van der Waals surface area contributed by atoms with Crippen LogP contribution in [0.1, 0.15) is 15.9 Å². The molecule has 6 heteroatoms. The number of carbonyl (C=O) groups is 1. The Kier molecular flexibility index (Phi) is 4.22. The van der Waals surface area contributed by atoms with Crippen LogP contribution < -0.4 is 16.2 Å². The van der Waals surface area contributed by atoms with E-state index < -0.39 is 5.91 Å². The van der Waals surface area contributed by atoms with Crippen molar-refractivity contribution >= 4 is 34.7 Å². The third kappa shape index (κ3) is 3.07. The molecule has 2 rings (SSSR count). The van der Waals surface area contributed by atoms with Crippen molar-refractivity contribution in [2.75, 3.05) is 0 Å². The van der Waals surface area contributed by atoms with Gasteiger partial charge in [-0.2, -0.15) is 0 Å². The fourth-order valence-electron chi connectivity index (χ4n) is 1.64. The van der Waals surface area contributed by atoms with E-state index >= 15 is 0 Å². The number of thiocarbonyl (C=S) groups is 1. The van der Waals surface area contributed by atoms with Crippen molar-refractivity contribution in [3.63, 3.8) is 0 Å². The van der Waals surface area contributed by atoms with Gasteiger partial charge >= 0.3 is 0 Å². The van der Waals surface area contributed by atoms with Gasteiger partial charge in [0, 0.05) is 5.56 Å². The third-order valence-electron chi connectivity index (χ3n) is 2.59. The zero-order valence-electron chi connectivity index (χ0n) is 10.3. The van der Waals surface area contributed by atoms with Crippen molar-refractivity contribution in [1.29, 1.82) is 0 Å². The van der Waals surface area contributed by atoms with Crippen LogP contribution in [-0.2, 0) is 0 Å². The molecule has 20 heavy (non-hydrogen) atoms. The van der Waals surface area contributed by atoms with Crippen LogP contribution in [0.3, 0.4) is 0 Å². The first-order valence-corrected chi connectivity index (χ1v) is 6.43. The molecule has 0 heterocycles. The molecule has 0 aliphatic rings. The van der Waals surface area contributed by atoms with Crippen molar-refractivity contribution in [3.8, 4) is 11.5 Å². The Morgan fingerprint density at radius 3 is 2.30 bits per heavy atom. The molecule has 0 atom stereocenters. The van der Waals surface area contributed by atoms with Gasteiger partial charge in [0.25, 0.3) is 0 Å². The van der Waals surface area contributed by atoms with Crippen LogP contribution in [0.2, 0.25) is 5.02 Å². The minimum Gasteiger partial charge on any atom is -0.457 e. The molecule has 0 radical (unpaired) electrons. The second kappa shape index (κ2) is 5.90. The van der Waals surface area contributed by atoms with E-state index in [1.54, 1.807) is 42.5 Å². The lowest BCUT2D eigenvalue weighted by Gasteiger charge is -2.11. The lowest BCUT2D eigenvalue weighted by molar-refractivity contribution is 0.100. The molecular weight excluding hydrogens is 296 g/mol. The smallest absolute Gasteiger partial charge is 0.248 e. The van der Waals surface area contributed by atoms with Crippen molar-refractivity contribution in [3.05, 3.63) is 58.6 Å². The highest BCUT2D eigenvalue weighted by Gasteiger charge is 2.12. The summed E-state index contributed by atoms with van der Waals surface area (Å²) in [6.45, 7) is 0. The first-order chi connectivity index (χ1) is 9.49. The molecule has 0 aliphatic heterocycles. The molecule has 0 fully saturated rings. The van der Waals surface area contributed by atoms with E-state index in [1.807, 2.05) is 0 Å². The van der Waals surface area contributed by atoms with Crippen molar-refractivity contribution in [2.45, 2.75) is 0 Å². The summed E-state index contributed by atoms with van der Waals surface area (Å²) in [6, 6.07) is 11.5. The monoisotopic (exact) mass is 306 g/mol. The largest absolute Gasteiger partial charge is 0.457 e. The number of halogens is 1. The molecule has 1 amide bonds. The molecule has 0 aromatic heterocycles. The van der Waals surface area contributed by atoms with E-state index in [1.165, 1.54) is 0 Å². The number of rotatable bonds is 4. The van der Waals surface area contributed by atoms with E-state index in [9.17, 15) is 4.79 Å². The summed E-state index contributed by atoms with van der Waals surface area (Å²) in [7, 11) is 0. The van der Waals surface area contributed by atoms with E-state index in [-0.39, 0.29) is 4.99 Å². The number of hydrogen-bond donors (Lipinski definition) is 2. The van der Waals surface area contributed by atoms with Crippen LogP contribution >= 0.6 is 23.8 Å². The number of nitrogens with two attached hydrogens (primary N) is 2. The number of hydrogen-bond acceptors (Lipinski definition) is 3. The molecule has 4 N–H and O–H groups in total. The maximum absolute atomic E-state index is 11.0. The molecular formula is C14H11ClN2O2S. The Labute approximate surface area is 126 Å².